The van der Waals surface area contributed by atoms with Gasteiger partial charge < -0.3 is 4.98 Å². The monoisotopic (exact) mass is 343 g/mol. The second-order valence-electron chi connectivity index (χ2n) is 5.23. The lowest BCUT2D eigenvalue weighted by molar-refractivity contribution is 0.234. The second-order valence-corrected chi connectivity index (χ2v) is 7.24. The maximum atomic E-state index is 11.7. The van der Waals surface area contributed by atoms with Gasteiger partial charge in [-0.1, -0.05) is 17.8 Å². The fraction of sp³-hybridized carbons (Fsp3) is 0.200. The molecule has 0 spiro atoms. The number of aromatic nitrogens is 3. The smallest absolute Gasteiger partial charge is 0.302 e. The first-order chi connectivity index (χ1) is 11.1. The van der Waals surface area contributed by atoms with Crippen LogP contribution in [0.4, 0.5) is 4.79 Å². The molecule has 0 fully saturated rings. The Kier molecular flexibility index (Phi) is 3.42. The van der Waals surface area contributed by atoms with Gasteiger partial charge in [0.1, 0.15) is 5.69 Å². The minimum atomic E-state index is -0.0343. The van der Waals surface area contributed by atoms with Gasteiger partial charge in [0, 0.05) is 18.0 Å². The van der Waals surface area contributed by atoms with Crippen LogP contribution < -0.4 is 0 Å². The van der Waals surface area contributed by atoms with E-state index >= 15 is 0 Å². The van der Waals surface area contributed by atoms with Crippen LogP contribution in [0.5, 0.6) is 0 Å². The van der Waals surface area contributed by atoms with Crippen LogP contribution in [0.2, 0.25) is 0 Å². The summed E-state index contributed by atoms with van der Waals surface area (Å²) in [5, 5.41) is 7.74. The fourth-order valence-corrected chi connectivity index (χ4v) is 3.80. The highest BCUT2D eigenvalue weighted by molar-refractivity contribution is 8.14. The number of H-pyrrole nitrogens is 1. The van der Waals surface area contributed by atoms with Crippen molar-refractivity contribution in [1.29, 1.82) is 0 Å². The molecule has 1 aliphatic heterocycles. The predicted molar refractivity (Wildman–Crippen MR) is 94.0 cm³/mol. The molecule has 0 bridgehead atoms. The third-order valence-electron chi connectivity index (χ3n) is 3.64. The number of nitrogens with zero attached hydrogens (tertiary/aromatic N) is 4. The third kappa shape index (κ3) is 2.53. The van der Waals surface area contributed by atoms with Gasteiger partial charge in [0.25, 0.3) is 0 Å². The molecule has 6 nitrogen and oxygen atoms in total. The minimum absolute atomic E-state index is 0.0214. The molecule has 1 atom stereocenters. The average molecular weight is 343 g/mol. The van der Waals surface area contributed by atoms with Crippen LogP contribution in [0.15, 0.2) is 34.2 Å². The number of hydrogen-bond acceptors (Lipinski definition) is 6. The summed E-state index contributed by atoms with van der Waals surface area (Å²) in [4.78, 5) is 23.9. The molecule has 116 valence electrons. The van der Waals surface area contributed by atoms with Gasteiger partial charge >= 0.3 is 5.24 Å². The highest BCUT2D eigenvalue weighted by Gasteiger charge is 2.26. The van der Waals surface area contributed by atoms with Gasteiger partial charge in [-0.2, -0.15) is 5.10 Å². The number of thioether (sulfide) groups is 1. The lowest BCUT2D eigenvalue weighted by atomic mass is 10.1. The van der Waals surface area contributed by atoms with Crippen molar-refractivity contribution in [3.05, 3.63) is 34.7 Å². The molecule has 1 unspecified atom stereocenters. The number of carbonyl (C=O) groups excluding carboxylic acids is 1. The maximum absolute atomic E-state index is 11.7. The van der Waals surface area contributed by atoms with Crippen LogP contribution in [-0.4, -0.2) is 43.2 Å². The normalized spacial score (nSPS) is 18.5. The molecule has 1 N–H and O–H groups in total. The van der Waals surface area contributed by atoms with Crippen LogP contribution in [0.25, 0.3) is 22.6 Å². The van der Waals surface area contributed by atoms with E-state index in [9.17, 15) is 4.79 Å². The van der Waals surface area contributed by atoms with E-state index in [0.717, 1.165) is 33.8 Å². The molecule has 3 aromatic rings. The number of rotatable bonds is 2. The van der Waals surface area contributed by atoms with E-state index in [2.05, 4.69) is 20.1 Å². The molecule has 2 aromatic heterocycles. The number of thiazole rings is 1. The lowest BCUT2D eigenvalue weighted by Crippen LogP contribution is -2.31. The average Bonchev–Trinajstić information content (AvgIpc) is 3.18. The first-order valence-corrected chi connectivity index (χ1v) is 8.85. The molecule has 8 heteroatoms. The van der Waals surface area contributed by atoms with Crippen LogP contribution in [0.1, 0.15) is 12.5 Å². The Balaban J connectivity index is 1.77. The quantitative estimate of drug-likeness (QED) is 0.772. The zero-order valence-corrected chi connectivity index (χ0v) is 14.1. The van der Waals surface area contributed by atoms with E-state index in [1.807, 2.05) is 30.5 Å². The summed E-state index contributed by atoms with van der Waals surface area (Å²) in [5.74, 6) is 0.763. The molecule has 0 radical (unpaired) electrons. The Hall–Kier alpha value is -2.19. The first-order valence-electron chi connectivity index (χ1n) is 7.03. The van der Waals surface area contributed by atoms with E-state index in [1.54, 1.807) is 23.9 Å². The highest BCUT2D eigenvalue weighted by Crippen LogP contribution is 2.27. The van der Waals surface area contributed by atoms with Crippen molar-refractivity contribution < 1.29 is 4.79 Å². The lowest BCUT2D eigenvalue weighted by Gasteiger charge is -2.24. The van der Waals surface area contributed by atoms with Gasteiger partial charge in [-0.3, -0.25) is 4.79 Å². The van der Waals surface area contributed by atoms with E-state index in [1.165, 1.54) is 16.8 Å². The molecule has 3 heterocycles. The van der Waals surface area contributed by atoms with Crippen molar-refractivity contribution >= 4 is 45.1 Å². The van der Waals surface area contributed by atoms with E-state index in [4.69, 9.17) is 0 Å². The first kappa shape index (κ1) is 14.4. The third-order valence-corrected chi connectivity index (χ3v) is 5.27. The number of imidazole rings is 1. The van der Waals surface area contributed by atoms with Crippen LogP contribution in [0, 0.1) is 0 Å². The zero-order valence-electron chi connectivity index (χ0n) is 12.5. The summed E-state index contributed by atoms with van der Waals surface area (Å²) in [6, 6.07) is 6.00. The molecule has 1 aromatic carbocycles. The number of fused-ring (bicyclic) bond motifs is 1. The second kappa shape index (κ2) is 5.47. The Bertz CT molecular complexity index is 915. The highest BCUT2D eigenvalue weighted by atomic mass is 32.2. The van der Waals surface area contributed by atoms with Gasteiger partial charge in [0.2, 0.25) is 0 Å². The molecule has 0 aliphatic carbocycles. The van der Waals surface area contributed by atoms with Gasteiger partial charge in [0.15, 0.2) is 5.82 Å². The Morgan fingerprint density at radius 1 is 1.35 bits per heavy atom. The van der Waals surface area contributed by atoms with Crippen molar-refractivity contribution in [2.75, 3.05) is 7.05 Å². The molecular formula is C15H13N5OS2. The molecule has 1 amide bonds. The summed E-state index contributed by atoms with van der Waals surface area (Å²) < 4.78 is 0. The molecule has 0 saturated carbocycles. The summed E-state index contributed by atoms with van der Waals surface area (Å²) >= 11 is 2.82. The van der Waals surface area contributed by atoms with Gasteiger partial charge in [0.05, 0.1) is 27.5 Å². The summed E-state index contributed by atoms with van der Waals surface area (Å²) in [6.45, 7) is 1.99. The van der Waals surface area contributed by atoms with Crippen LogP contribution >= 0.6 is 23.1 Å². The number of hydrazone groups is 1. The van der Waals surface area contributed by atoms with E-state index in [-0.39, 0.29) is 10.5 Å². The van der Waals surface area contributed by atoms with Crippen molar-refractivity contribution in [2.24, 2.45) is 5.10 Å². The number of amides is 1. The summed E-state index contributed by atoms with van der Waals surface area (Å²) in [6.07, 6.45) is 0. The molecular weight excluding hydrogens is 330 g/mol. The molecule has 0 saturated heterocycles. The molecule has 23 heavy (non-hydrogen) atoms. The van der Waals surface area contributed by atoms with E-state index in [0.29, 0.717) is 0 Å². The summed E-state index contributed by atoms with van der Waals surface area (Å²) in [7, 11) is 1.68. The number of hydrogen-bond donors (Lipinski definition) is 1. The maximum Gasteiger partial charge on any atom is 0.302 e. The predicted octanol–water partition coefficient (Wildman–Crippen LogP) is 3.58. The Labute approximate surface area is 140 Å². The largest absolute Gasteiger partial charge is 0.337 e. The van der Waals surface area contributed by atoms with Crippen molar-refractivity contribution in [2.45, 2.75) is 12.2 Å². The summed E-state index contributed by atoms with van der Waals surface area (Å²) in [5.41, 5.74) is 6.32. The fourth-order valence-electron chi connectivity index (χ4n) is 2.48. The number of nitrogens with one attached hydrogen (secondary N) is 1. The SMILES string of the molecule is CC1SC(=O)N(C)N=C1c1ccc2[nH]c(-c3cscn3)nc2c1. The standard InChI is InChI=1S/C15H13N5OS2/c1-8-13(19-20(2)15(21)23-8)9-3-4-10-11(5-9)18-14(17-10)12-6-22-7-16-12/h3-8H,1-2H3,(H,17,18). The topological polar surface area (TPSA) is 74.2 Å². The van der Waals surface area contributed by atoms with Crippen LogP contribution in [0.3, 0.4) is 0 Å². The Morgan fingerprint density at radius 2 is 2.22 bits per heavy atom. The zero-order chi connectivity index (χ0) is 16.0. The number of aromatic amines is 1. The van der Waals surface area contributed by atoms with E-state index < -0.39 is 0 Å². The van der Waals surface area contributed by atoms with Crippen LogP contribution in [-0.2, 0) is 0 Å². The van der Waals surface area contributed by atoms with Crippen molar-refractivity contribution in [3.63, 3.8) is 0 Å². The van der Waals surface area contributed by atoms with Crippen molar-refractivity contribution in [1.82, 2.24) is 20.0 Å². The number of carbonyl (C=O) groups is 1. The number of benzene rings is 1. The molecule has 4 rings (SSSR count). The van der Waals surface area contributed by atoms with Gasteiger partial charge in [-0.15, -0.1) is 11.3 Å². The van der Waals surface area contributed by atoms with Gasteiger partial charge in [-0.25, -0.2) is 15.0 Å². The molecule has 1 aliphatic rings. The van der Waals surface area contributed by atoms with Crippen molar-refractivity contribution in [3.8, 4) is 11.5 Å². The minimum Gasteiger partial charge on any atom is -0.337 e. The Morgan fingerprint density at radius 3 is 3.00 bits per heavy atom. The van der Waals surface area contributed by atoms with Gasteiger partial charge in [-0.05, 0) is 19.1 Å².